The number of amides is 2. The van der Waals surface area contributed by atoms with Gasteiger partial charge in [0.1, 0.15) is 0 Å². The Morgan fingerprint density at radius 2 is 1.88 bits per heavy atom. The predicted molar refractivity (Wildman–Crippen MR) is 103 cm³/mol. The number of thioether (sulfide) groups is 1. The van der Waals surface area contributed by atoms with Crippen LogP contribution in [0.4, 0.5) is 5.69 Å². The number of nitrogens with one attached hydrogen (secondary N) is 2. The number of para-hydroxylation sites is 1. The molecule has 25 heavy (non-hydrogen) atoms. The first kappa shape index (κ1) is 19.0. The molecule has 0 unspecified atom stereocenters. The molecule has 0 atom stereocenters. The number of aryl methyl sites for hydroxylation is 2. The van der Waals surface area contributed by atoms with Gasteiger partial charge in [-0.2, -0.15) is 0 Å². The highest BCUT2D eigenvalue weighted by Gasteiger charge is 2.13. The Balaban J connectivity index is 2.01. The highest BCUT2D eigenvalue weighted by Crippen LogP contribution is 2.24. The van der Waals surface area contributed by atoms with E-state index in [0.29, 0.717) is 24.3 Å². The van der Waals surface area contributed by atoms with Crippen molar-refractivity contribution in [1.29, 1.82) is 0 Å². The maximum atomic E-state index is 12.3. The summed E-state index contributed by atoms with van der Waals surface area (Å²) in [5.41, 5.74) is 8.64. The molecular formula is C19H23N3O2S. The highest BCUT2D eigenvalue weighted by molar-refractivity contribution is 8.00. The first-order chi connectivity index (χ1) is 12.0. The summed E-state index contributed by atoms with van der Waals surface area (Å²) in [4.78, 5) is 25.5. The average molecular weight is 357 g/mol. The van der Waals surface area contributed by atoms with Crippen LogP contribution < -0.4 is 16.4 Å². The number of benzene rings is 2. The summed E-state index contributed by atoms with van der Waals surface area (Å²) in [6, 6.07) is 13.1. The minimum Gasteiger partial charge on any atom is -0.351 e. The van der Waals surface area contributed by atoms with Crippen molar-refractivity contribution in [2.24, 2.45) is 5.73 Å². The molecule has 2 amide bonds. The van der Waals surface area contributed by atoms with Crippen molar-refractivity contribution in [3.8, 4) is 0 Å². The lowest BCUT2D eigenvalue weighted by molar-refractivity contribution is -0.113. The Kier molecular flexibility index (Phi) is 7.03. The summed E-state index contributed by atoms with van der Waals surface area (Å²) in [6.45, 7) is 4.81. The molecule has 0 aliphatic heterocycles. The standard InChI is InChI=1S/C19H23N3O2S/c1-13-7-8-14(2)17(11-13)25-12-18(23)22-16-6-4-3-5-15(16)19(24)21-10-9-20/h3-8,11H,9-10,12,20H2,1-2H3,(H,21,24)(H,22,23). The first-order valence-corrected chi connectivity index (χ1v) is 9.07. The van der Waals surface area contributed by atoms with E-state index in [4.69, 9.17) is 5.73 Å². The topological polar surface area (TPSA) is 84.2 Å². The van der Waals surface area contributed by atoms with Gasteiger partial charge in [-0.05, 0) is 37.6 Å². The molecule has 0 saturated carbocycles. The smallest absolute Gasteiger partial charge is 0.253 e. The largest absolute Gasteiger partial charge is 0.351 e. The van der Waals surface area contributed by atoms with Crippen molar-refractivity contribution < 1.29 is 9.59 Å². The van der Waals surface area contributed by atoms with Crippen molar-refractivity contribution in [1.82, 2.24) is 5.32 Å². The van der Waals surface area contributed by atoms with Crippen LogP contribution in [0.3, 0.4) is 0 Å². The Morgan fingerprint density at radius 1 is 1.12 bits per heavy atom. The van der Waals surface area contributed by atoms with E-state index >= 15 is 0 Å². The lowest BCUT2D eigenvalue weighted by atomic mass is 10.1. The van der Waals surface area contributed by atoms with Gasteiger partial charge in [0.15, 0.2) is 0 Å². The third-order valence-corrected chi connectivity index (χ3v) is 4.74. The van der Waals surface area contributed by atoms with E-state index in [-0.39, 0.29) is 17.6 Å². The molecule has 132 valence electrons. The third kappa shape index (κ3) is 5.62. The molecule has 0 aromatic heterocycles. The Hall–Kier alpha value is -2.31. The van der Waals surface area contributed by atoms with Crippen LogP contribution in [0.25, 0.3) is 0 Å². The Morgan fingerprint density at radius 3 is 2.64 bits per heavy atom. The molecule has 0 bridgehead atoms. The summed E-state index contributed by atoms with van der Waals surface area (Å²) in [5, 5.41) is 5.53. The Labute approximate surface area is 152 Å². The summed E-state index contributed by atoms with van der Waals surface area (Å²) >= 11 is 1.49. The van der Waals surface area contributed by atoms with Crippen molar-refractivity contribution in [2.45, 2.75) is 18.7 Å². The van der Waals surface area contributed by atoms with Gasteiger partial charge in [0, 0.05) is 18.0 Å². The summed E-state index contributed by atoms with van der Waals surface area (Å²) in [5.74, 6) is -0.114. The van der Waals surface area contributed by atoms with Crippen LogP contribution in [0.2, 0.25) is 0 Å². The molecule has 0 aliphatic carbocycles. The van der Waals surface area contributed by atoms with Gasteiger partial charge >= 0.3 is 0 Å². The zero-order chi connectivity index (χ0) is 18.2. The van der Waals surface area contributed by atoms with Crippen molar-refractivity contribution in [3.63, 3.8) is 0 Å². The van der Waals surface area contributed by atoms with Gasteiger partial charge in [0.05, 0.1) is 17.0 Å². The quantitative estimate of drug-likeness (QED) is 0.665. The second-order valence-electron chi connectivity index (χ2n) is 5.70. The lowest BCUT2D eigenvalue weighted by Gasteiger charge is -2.11. The van der Waals surface area contributed by atoms with Crippen molar-refractivity contribution in [2.75, 3.05) is 24.2 Å². The molecule has 2 aromatic carbocycles. The molecule has 0 fully saturated rings. The maximum Gasteiger partial charge on any atom is 0.253 e. The average Bonchev–Trinajstić information content (AvgIpc) is 2.61. The number of carbonyl (C=O) groups excluding carboxylic acids is 2. The molecular weight excluding hydrogens is 334 g/mol. The summed E-state index contributed by atoms with van der Waals surface area (Å²) in [6.07, 6.45) is 0. The lowest BCUT2D eigenvalue weighted by Crippen LogP contribution is -2.30. The number of hydrogen-bond acceptors (Lipinski definition) is 4. The molecule has 0 aliphatic rings. The molecule has 0 spiro atoms. The zero-order valence-electron chi connectivity index (χ0n) is 14.5. The van der Waals surface area contributed by atoms with Crippen LogP contribution in [0.1, 0.15) is 21.5 Å². The van der Waals surface area contributed by atoms with Gasteiger partial charge in [-0.3, -0.25) is 9.59 Å². The van der Waals surface area contributed by atoms with Crippen LogP contribution in [0.15, 0.2) is 47.4 Å². The molecule has 2 aromatic rings. The van der Waals surface area contributed by atoms with E-state index in [1.807, 2.05) is 19.9 Å². The molecule has 5 nitrogen and oxygen atoms in total. The van der Waals surface area contributed by atoms with E-state index in [0.717, 1.165) is 16.0 Å². The fourth-order valence-electron chi connectivity index (χ4n) is 2.26. The van der Waals surface area contributed by atoms with E-state index in [1.165, 1.54) is 11.8 Å². The van der Waals surface area contributed by atoms with Crippen LogP contribution in [0, 0.1) is 13.8 Å². The number of nitrogens with two attached hydrogens (primary N) is 1. The third-order valence-electron chi connectivity index (χ3n) is 3.58. The maximum absolute atomic E-state index is 12.3. The number of anilines is 1. The second-order valence-corrected chi connectivity index (χ2v) is 6.71. The van der Waals surface area contributed by atoms with E-state index < -0.39 is 0 Å². The Bertz CT molecular complexity index is 762. The van der Waals surface area contributed by atoms with Crippen LogP contribution in [-0.2, 0) is 4.79 Å². The zero-order valence-corrected chi connectivity index (χ0v) is 15.3. The fourth-order valence-corrected chi connectivity index (χ4v) is 3.19. The monoisotopic (exact) mass is 357 g/mol. The van der Waals surface area contributed by atoms with Crippen LogP contribution >= 0.6 is 11.8 Å². The van der Waals surface area contributed by atoms with Crippen molar-refractivity contribution >= 4 is 29.3 Å². The number of carbonyl (C=O) groups is 2. The predicted octanol–water partition coefficient (Wildman–Crippen LogP) is 2.72. The van der Waals surface area contributed by atoms with Gasteiger partial charge < -0.3 is 16.4 Å². The van der Waals surface area contributed by atoms with Crippen molar-refractivity contribution in [3.05, 3.63) is 59.2 Å². The number of hydrogen-bond donors (Lipinski definition) is 3. The van der Waals surface area contributed by atoms with Crippen LogP contribution in [-0.4, -0.2) is 30.7 Å². The van der Waals surface area contributed by atoms with Gasteiger partial charge in [-0.15, -0.1) is 11.8 Å². The van der Waals surface area contributed by atoms with Gasteiger partial charge in [0.25, 0.3) is 5.91 Å². The minimum absolute atomic E-state index is 0.148. The summed E-state index contributed by atoms with van der Waals surface area (Å²) < 4.78 is 0. The number of rotatable bonds is 7. The van der Waals surface area contributed by atoms with Gasteiger partial charge in [0.2, 0.25) is 5.91 Å². The van der Waals surface area contributed by atoms with Crippen LogP contribution in [0.5, 0.6) is 0 Å². The van der Waals surface area contributed by atoms with E-state index in [2.05, 4.69) is 22.8 Å². The summed E-state index contributed by atoms with van der Waals surface area (Å²) in [7, 11) is 0. The van der Waals surface area contributed by atoms with Gasteiger partial charge in [-0.1, -0.05) is 29.8 Å². The highest BCUT2D eigenvalue weighted by atomic mass is 32.2. The molecule has 6 heteroatoms. The van der Waals surface area contributed by atoms with E-state index in [9.17, 15) is 9.59 Å². The fraction of sp³-hybridized carbons (Fsp3) is 0.263. The van der Waals surface area contributed by atoms with E-state index in [1.54, 1.807) is 24.3 Å². The minimum atomic E-state index is -0.247. The molecule has 2 rings (SSSR count). The molecule has 0 heterocycles. The molecule has 0 radical (unpaired) electrons. The second kappa shape index (κ2) is 9.25. The van der Waals surface area contributed by atoms with Gasteiger partial charge in [-0.25, -0.2) is 0 Å². The normalized spacial score (nSPS) is 10.4. The first-order valence-electron chi connectivity index (χ1n) is 8.08. The molecule has 0 saturated heterocycles. The SMILES string of the molecule is Cc1ccc(C)c(SCC(=O)Nc2ccccc2C(=O)NCCN)c1. The molecule has 4 N–H and O–H groups in total.